The van der Waals surface area contributed by atoms with Crippen LogP contribution in [-0.2, 0) is 22.3 Å². The van der Waals surface area contributed by atoms with Crippen molar-refractivity contribution in [1.82, 2.24) is 9.29 Å². The molecule has 0 N–H and O–H groups in total. The van der Waals surface area contributed by atoms with E-state index in [1.165, 1.54) is 15.6 Å². The number of aromatic nitrogens is 1. The molecule has 4 nitrogen and oxygen atoms in total. The number of thiophene rings is 1. The Labute approximate surface area is 128 Å². The molecule has 0 aliphatic heterocycles. The average Bonchev–Trinajstić information content (AvgIpc) is 2.95. The molecule has 0 bridgehead atoms. The molecule has 0 aliphatic carbocycles. The molecule has 0 fully saturated rings. The number of pyridine rings is 1. The van der Waals surface area contributed by atoms with Crippen molar-refractivity contribution in [3.8, 4) is 0 Å². The largest absolute Gasteiger partial charge is 0.261 e. The fraction of sp³-hybridized carbons (Fsp3) is 0.308. The van der Waals surface area contributed by atoms with Crippen molar-refractivity contribution >= 4 is 33.0 Å². The third-order valence-corrected chi connectivity index (χ3v) is 6.25. The summed E-state index contributed by atoms with van der Waals surface area (Å²) in [5.74, 6) is 0.331. The standard InChI is InChI=1S/C13H15ClN2O2S2/c1-16(7-5-11-4-2-3-6-15-11)20(17,18)13-8-12(9-14)19-10-13/h2-4,6,8,10H,5,7,9H2,1H3. The Kier molecular flexibility index (Phi) is 5.15. The topological polar surface area (TPSA) is 50.3 Å². The molecule has 20 heavy (non-hydrogen) atoms. The van der Waals surface area contributed by atoms with Gasteiger partial charge in [0.2, 0.25) is 10.0 Å². The van der Waals surface area contributed by atoms with Crippen LogP contribution in [0.3, 0.4) is 0 Å². The van der Waals surface area contributed by atoms with Gasteiger partial charge in [-0.05, 0) is 18.2 Å². The lowest BCUT2D eigenvalue weighted by Gasteiger charge is -2.15. The van der Waals surface area contributed by atoms with E-state index < -0.39 is 10.0 Å². The van der Waals surface area contributed by atoms with E-state index in [4.69, 9.17) is 11.6 Å². The molecule has 0 spiro atoms. The first-order valence-corrected chi connectivity index (χ1v) is 8.89. The van der Waals surface area contributed by atoms with Crippen LogP contribution < -0.4 is 0 Å². The van der Waals surface area contributed by atoms with Crippen LogP contribution >= 0.6 is 22.9 Å². The number of nitrogens with zero attached hydrogens (tertiary/aromatic N) is 2. The summed E-state index contributed by atoms with van der Waals surface area (Å²) >= 11 is 7.06. The summed E-state index contributed by atoms with van der Waals surface area (Å²) in [6, 6.07) is 7.24. The lowest BCUT2D eigenvalue weighted by atomic mass is 10.3. The molecule has 0 radical (unpaired) electrons. The second kappa shape index (κ2) is 6.67. The van der Waals surface area contributed by atoms with Crippen molar-refractivity contribution < 1.29 is 8.42 Å². The predicted octanol–water partition coefficient (Wildman–Crippen LogP) is 2.75. The van der Waals surface area contributed by atoms with Crippen molar-refractivity contribution in [2.24, 2.45) is 0 Å². The molecule has 0 saturated heterocycles. The van der Waals surface area contributed by atoms with Gasteiger partial charge in [0.25, 0.3) is 0 Å². The van der Waals surface area contributed by atoms with E-state index in [0.717, 1.165) is 10.6 Å². The molecule has 0 amide bonds. The number of halogens is 1. The van der Waals surface area contributed by atoms with Gasteiger partial charge in [-0.1, -0.05) is 6.07 Å². The molecule has 0 saturated carbocycles. The number of hydrogen-bond acceptors (Lipinski definition) is 4. The second-order valence-electron chi connectivity index (χ2n) is 4.28. The first-order chi connectivity index (χ1) is 9.54. The first kappa shape index (κ1) is 15.4. The minimum atomic E-state index is -3.44. The summed E-state index contributed by atoms with van der Waals surface area (Å²) in [6.07, 6.45) is 2.29. The minimum Gasteiger partial charge on any atom is -0.261 e. The van der Waals surface area contributed by atoms with Gasteiger partial charge in [0.1, 0.15) is 0 Å². The van der Waals surface area contributed by atoms with E-state index in [2.05, 4.69) is 4.98 Å². The van der Waals surface area contributed by atoms with Gasteiger partial charge < -0.3 is 0 Å². The molecular weight excluding hydrogens is 316 g/mol. The predicted molar refractivity (Wildman–Crippen MR) is 81.6 cm³/mol. The highest BCUT2D eigenvalue weighted by molar-refractivity contribution is 7.89. The average molecular weight is 331 g/mol. The zero-order chi connectivity index (χ0) is 14.6. The van der Waals surface area contributed by atoms with E-state index in [-0.39, 0.29) is 0 Å². The third-order valence-electron chi connectivity index (χ3n) is 2.88. The maximum absolute atomic E-state index is 12.4. The molecule has 2 rings (SSSR count). The van der Waals surface area contributed by atoms with Crippen molar-refractivity contribution in [3.63, 3.8) is 0 Å². The van der Waals surface area contributed by atoms with Gasteiger partial charge in [0.15, 0.2) is 0 Å². The molecule has 2 heterocycles. The van der Waals surface area contributed by atoms with E-state index in [9.17, 15) is 8.42 Å². The molecule has 0 unspecified atom stereocenters. The molecular formula is C13H15ClN2O2S2. The fourth-order valence-electron chi connectivity index (χ4n) is 1.68. The first-order valence-electron chi connectivity index (χ1n) is 6.03. The SMILES string of the molecule is CN(CCc1ccccn1)S(=O)(=O)c1csc(CCl)c1. The number of likely N-dealkylation sites (N-methyl/N-ethyl adjacent to an activating group) is 1. The monoisotopic (exact) mass is 330 g/mol. The lowest BCUT2D eigenvalue weighted by molar-refractivity contribution is 0.471. The number of rotatable bonds is 6. The summed E-state index contributed by atoms with van der Waals surface area (Å²) in [4.78, 5) is 5.34. The number of hydrogen-bond donors (Lipinski definition) is 0. The molecule has 0 aliphatic rings. The van der Waals surface area contributed by atoms with Crippen LogP contribution in [-0.4, -0.2) is 31.3 Å². The van der Waals surface area contributed by atoms with Gasteiger partial charge in [0.05, 0.1) is 10.8 Å². The molecule has 2 aromatic heterocycles. The normalized spacial score (nSPS) is 11.9. The van der Waals surface area contributed by atoms with Crippen LogP contribution in [0.2, 0.25) is 0 Å². The summed E-state index contributed by atoms with van der Waals surface area (Å²) in [7, 11) is -1.86. The van der Waals surface area contributed by atoms with E-state index >= 15 is 0 Å². The number of sulfonamides is 1. The number of alkyl halides is 1. The van der Waals surface area contributed by atoms with Gasteiger partial charge in [-0.15, -0.1) is 22.9 Å². The van der Waals surface area contributed by atoms with Crippen molar-refractivity contribution in [2.45, 2.75) is 17.2 Å². The highest BCUT2D eigenvalue weighted by Crippen LogP contribution is 2.23. The van der Waals surface area contributed by atoms with E-state index in [0.29, 0.717) is 23.7 Å². The van der Waals surface area contributed by atoms with Gasteiger partial charge in [-0.2, -0.15) is 0 Å². The van der Waals surface area contributed by atoms with E-state index in [1.807, 2.05) is 18.2 Å². The van der Waals surface area contributed by atoms with Gasteiger partial charge in [-0.3, -0.25) is 4.98 Å². The Morgan fingerprint density at radius 3 is 2.80 bits per heavy atom. The Morgan fingerprint density at radius 2 is 2.20 bits per heavy atom. The van der Waals surface area contributed by atoms with Gasteiger partial charge in [0, 0.05) is 42.2 Å². The Bertz CT molecular complexity index is 656. The van der Waals surface area contributed by atoms with E-state index in [1.54, 1.807) is 24.7 Å². The Hall–Kier alpha value is -0.950. The van der Waals surface area contributed by atoms with Crippen LogP contribution in [0, 0.1) is 0 Å². The van der Waals surface area contributed by atoms with Crippen LogP contribution in [0.1, 0.15) is 10.6 Å². The zero-order valence-corrected chi connectivity index (χ0v) is 13.4. The quantitative estimate of drug-likeness (QED) is 0.765. The zero-order valence-electron chi connectivity index (χ0n) is 11.0. The Morgan fingerprint density at radius 1 is 1.40 bits per heavy atom. The molecule has 2 aromatic rings. The molecule has 0 aromatic carbocycles. The maximum Gasteiger partial charge on any atom is 0.243 e. The van der Waals surface area contributed by atoms with Gasteiger partial charge in [-0.25, -0.2) is 12.7 Å². The minimum absolute atomic E-state index is 0.307. The molecule has 108 valence electrons. The van der Waals surface area contributed by atoms with Crippen LogP contribution in [0.5, 0.6) is 0 Å². The van der Waals surface area contributed by atoms with Gasteiger partial charge >= 0.3 is 0 Å². The lowest BCUT2D eigenvalue weighted by Crippen LogP contribution is -2.28. The summed E-state index contributed by atoms with van der Waals surface area (Å²) < 4.78 is 26.1. The van der Waals surface area contributed by atoms with Crippen LogP contribution in [0.25, 0.3) is 0 Å². The molecule has 7 heteroatoms. The maximum atomic E-state index is 12.4. The van der Waals surface area contributed by atoms with Crippen LogP contribution in [0.4, 0.5) is 0 Å². The summed E-state index contributed by atoms with van der Waals surface area (Å²) in [5, 5.41) is 1.63. The van der Waals surface area contributed by atoms with Crippen molar-refractivity contribution in [2.75, 3.05) is 13.6 Å². The summed E-state index contributed by atoms with van der Waals surface area (Å²) in [6.45, 7) is 0.394. The van der Waals surface area contributed by atoms with Crippen molar-refractivity contribution in [3.05, 3.63) is 46.4 Å². The highest BCUT2D eigenvalue weighted by atomic mass is 35.5. The summed E-state index contributed by atoms with van der Waals surface area (Å²) in [5.41, 5.74) is 0.876. The third kappa shape index (κ3) is 3.58. The molecule has 0 atom stereocenters. The smallest absolute Gasteiger partial charge is 0.243 e. The van der Waals surface area contributed by atoms with Crippen molar-refractivity contribution in [1.29, 1.82) is 0 Å². The van der Waals surface area contributed by atoms with Crippen LogP contribution in [0.15, 0.2) is 40.7 Å². The highest BCUT2D eigenvalue weighted by Gasteiger charge is 2.21. The Balaban J connectivity index is 2.05. The second-order valence-corrected chi connectivity index (χ2v) is 7.59. The fourth-order valence-corrected chi connectivity index (χ4v) is 4.23.